The molecule has 0 radical (unpaired) electrons. The highest BCUT2D eigenvalue weighted by atomic mass is 79.9. The summed E-state index contributed by atoms with van der Waals surface area (Å²) in [5, 5.41) is 10.4. The highest BCUT2D eigenvalue weighted by Gasteiger charge is 2.09. The Morgan fingerprint density at radius 2 is 1.93 bits per heavy atom. The van der Waals surface area contributed by atoms with Crippen molar-refractivity contribution in [3.63, 3.8) is 0 Å². The second kappa shape index (κ2) is 8.50. The van der Waals surface area contributed by atoms with Crippen LogP contribution in [-0.2, 0) is 4.79 Å². The molecule has 1 aliphatic rings. The van der Waals surface area contributed by atoms with Crippen LogP contribution in [0.5, 0.6) is 0 Å². The maximum absolute atomic E-state index is 12.4. The molecule has 0 unspecified atom stereocenters. The Labute approximate surface area is 171 Å². The fraction of sp³-hybridized carbons (Fsp3) is 0.190. The molecule has 3 aromatic rings. The number of anilines is 3. The molecule has 0 atom stereocenters. The number of nitrogens with one attached hydrogen (secondary N) is 3. The predicted molar refractivity (Wildman–Crippen MR) is 116 cm³/mol. The van der Waals surface area contributed by atoms with E-state index in [1.165, 1.54) is 11.9 Å². The van der Waals surface area contributed by atoms with E-state index in [0.717, 1.165) is 52.7 Å². The first-order valence-electron chi connectivity index (χ1n) is 9.16. The van der Waals surface area contributed by atoms with Crippen molar-refractivity contribution in [2.24, 2.45) is 0 Å². The van der Waals surface area contributed by atoms with Gasteiger partial charge in [0.05, 0.1) is 5.52 Å². The summed E-state index contributed by atoms with van der Waals surface area (Å²) in [7, 11) is 0. The van der Waals surface area contributed by atoms with E-state index >= 15 is 0 Å². The molecule has 1 saturated heterocycles. The smallest absolute Gasteiger partial charge is 0.248 e. The first-order chi connectivity index (χ1) is 13.7. The van der Waals surface area contributed by atoms with E-state index in [9.17, 15) is 4.79 Å². The molecule has 4 rings (SSSR count). The van der Waals surface area contributed by atoms with Crippen molar-refractivity contribution in [2.75, 3.05) is 23.7 Å². The average molecular weight is 438 g/mol. The molecule has 0 spiro atoms. The first kappa shape index (κ1) is 18.6. The van der Waals surface area contributed by atoms with Crippen LogP contribution in [-0.4, -0.2) is 29.0 Å². The summed E-state index contributed by atoms with van der Waals surface area (Å²) < 4.78 is 0.981. The normalized spacial score (nSPS) is 14.0. The van der Waals surface area contributed by atoms with E-state index in [4.69, 9.17) is 0 Å². The highest BCUT2D eigenvalue weighted by molar-refractivity contribution is 9.10. The van der Waals surface area contributed by atoms with Gasteiger partial charge >= 0.3 is 0 Å². The summed E-state index contributed by atoms with van der Waals surface area (Å²) in [5.41, 5.74) is 3.62. The summed E-state index contributed by atoms with van der Waals surface area (Å²) >= 11 is 3.47. The van der Waals surface area contributed by atoms with Crippen LogP contribution in [0, 0.1) is 0 Å². The van der Waals surface area contributed by atoms with Crippen molar-refractivity contribution in [1.29, 1.82) is 0 Å². The van der Waals surface area contributed by atoms with Crippen LogP contribution in [0.4, 0.5) is 17.2 Å². The molecule has 1 aromatic heterocycles. The van der Waals surface area contributed by atoms with Crippen LogP contribution >= 0.6 is 15.9 Å². The number of fused-ring (bicyclic) bond motifs is 1. The van der Waals surface area contributed by atoms with Gasteiger partial charge < -0.3 is 16.0 Å². The Bertz CT molecular complexity index is 1040. The van der Waals surface area contributed by atoms with Crippen molar-refractivity contribution in [3.8, 4) is 0 Å². The van der Waals surface area contributed by atoms with Crippen molar-refractivity contribution < 1.29 is 4.79 Å². The quantitative estimate of drug-likeness (QED) is 0.527. The lowest BCUT2D eigenvalue weighted by molar-refractivity contribution is -0.112. The van der Waals surface area contributed by atoms with E-state index in [0.29, 0.717) is 5.82 Å². The van der Waals surface area contributed by atoms with E-state index in [1.54, 1.807) is 6.08 Å². The van der Waals surface area contributed by atoms with Crippen LogP contribution < -0.4 is 16.0 Å². The molecule has 2 heterocycles. The molecule has 3 N–H and O–H groups in total. The predicted octanol–water partition coefficient (Wildman–Crippen LogP) is 4.38. The monoisotopic (exact) mass is 437 g/mol. The number of hydrogen-bond acceptors (Lipinski definition) is 5. The highest BCUT2D eigenvalue weighted by Crippen LogP contribution is 2.27. The Kier molecular flexibility index (Phi) is 5.64. The summed E-state index contributed by atoms with van der Waals surface area (Å²) in [6, 6.07) is 13.5. The van der Waals surface area contributed by atoms with Crippen molar-refractivity contribution in [3.05, 3.63) is 64.9 Å². The van der Waals surface area contributed by atoms with Gasteiger partial charge in [0.25, 0.3) is 0 Å². The molecule has 2 aromatic carbocycles. The minimum absolute atomic E-state index is 0.102. The molecule has 6 nitrogen and oxygen atoms in total. The second-order valence-corrected chi connectivity index (χ2v) is 7.55. The van der Waals surface area contributed by atoms with Gasteiger partial charge in [0.2, 0.25) is 5.91 Å². The Morgan fingerprint density at radius 1 is 1.07 bits per heavy atom. The Hall–Kier alpha value is -2.77. The summed E-state index contributed by atoms with van der Waals surface area (Å²) in [5.74, 6) is 0.588. The van der Waals surface area contributed by atoms with Gasteiger partial charge in [-0.1, -0.05) is 27.6 Å². The molecular formula is C21H20BrN5O. The second-order valence-electron chi connectivity index (χ2n) is 6.63. The van der Waals surface area contributed by atoms with Crippen LogP contribution in [0.25, 0.3) is 10.9 Å². The fourth-order valence-corrected chi connectivity index (χ4v) is 3.59. The number of rotatable bonds is 4. The summed E-state index contributed by atoms with van der Waals surface area (Å²) in [6.07, 6.45) is 5.08. The SMILES string of the molecule is O=C(C=C1CCNCC1)Nc1ccc2ncnc(Nc3cccc(Br)c3)c2c1. The third-order valence-electron chi connectivity index (χ3n) is 4.57. The number of carbonyl (C=O) groups is 1. The van der Waals surface area contributed by atoms with Gasteiger partial charge in [0.1, 0.15) is 12.1 Å². The molecule has 142 valence electrons. The van der Waals surface area contributed by atoms with E-state index in [1.807, 2.05) is 42.5 Å². The number of amides is 1. The summed E-state index contributed by atoms with van der Waals surface area (Å²) in [6.45, 7) is 1.86. The molecule has 1 aliphatic heterocycles. The molecule has 0 aliphatic carbocycles. The van der Waals surface area contributed by atoms with Gasteiger partial charge in [-0.3, -0.25) is 4.79 Å². The van der Waals surface area contributed by atoms with Crippen molar-refractivity contribution in [1.82, 2.24) is 15.3 Å². The van der Waals surface area contributed by atoms with Gasteiger partial charge in [0, 0.05) is 27.3 Å². The maximum atomic E-state index is 12.4. The van der Waals surface area contributed by atoms with E-state index in [-0.39, 0.29) is 5.91 Å². The van der Waals surface area contributed by atoms with Crippen LogP contribution in [0.1, 0.15) is 12.8 Å². The third-order valence-corrected chi connectivity index (χ3v) is 5.06. The minimum atomic E-state index is -0.102. The lowest BCUT2D eigenvalue weighted by Crippen LogP contribution is -2.24. The van der Waals surface area contributed by atoms with Gasteiger partial charge in [-0.05, 0) is 62.3 Å². The van der Waals surface area contributed by atoms with Crippen molar-refractivity contribution >= 4 is 49.9 Å². The minimum Gasteiger partial charge on any atom is -0.340 e. The zero-order valence-corrected chi connectivity index (χ0v) is 16.8. The van der Waals surface area contributed by atoms with Crippen LogP contribution in [0.3, 0.4) is 0 Å². The van der Waals surface area contributed by atoms with E-state index in [2.05, 4.69) is 41.8 Å². The summed E-state index contributed by atoms with van der Waals surface area (Å²) in [4.78, 5) is 21.1. The molecule has 7 heteroatoms. The first-order valence-corrected chi connectivity index (χ1v) is 9.95. The molecule has 0 saturated carbocycles. The standard InChI is InChI=1S/C21H20BrN5O/c22-15-2-1-3-16(11-15)27-21-18-12-17(4-5-19(18)24-13-25-21)26-20(28)10-14-6-8-23-9-7-14/h1-5,10-13,23H,6-9H2,(H,26,28)(H,24,25,27). The number of nitrogens with zero attached hydrogens (tertiary/aromatic N) is 2. The lowest BCUT2D eigenvalue weighted by Gasteiger charge is -2.15. The van der Waals surface area contributed by atoms with Crippen LogP contribution in [0.2, 0.25) is 0 Å². The lowest BCUT2D eigenvalue weighted by atomic mass is 10.1. The van der Waals surface area contributed by atoms with Gasteiger partial charge in [0.15, 0.2) is 0 Å². The maximum Gasteiger partial charge on any atom is 0.248 e. The molecule has 1 amide bonds. The number of halogens is 1. The van der Waals surface area contributed by atoms with Crippen molar-refractivity contribution in [2.45, 2.75) is 12.8 Å². The zero-order valence-electron chi connectivity index (χ0n) is 15.2. The largest absolute Gasteiger partial charge is 0.340 e. The topological polar surface area (TPSA) is 78.9 Å². The van der Waals surface area contributed by atoms with Gasteiger partial charge in [-0.25, -0.2) is 9.97 Å². The molecule has 28 heavy (non-hydrogen) atoms. The Balaban J connectivity index is 1.58. The number of hydrogen-bond donors (Lipinski definition) is 3. The van der Waals surface area contributed by atoms with Crippen LogP contribution in [0.15, 0.2) is 64.9 Å². The number of benzene rings is 2. The van der Waals surface area contributed by atoms with Gasteiger partial charge in [-0.15, -0.1) is 0 Å². The molecule has 0 bridgehead atoms. The van der Waals surface area contributed by atoms with E-state index < -0.39 is 0 Å². The van der Waals surface area contributed by atoms with Gasteiger partial charge in [-0.2, -0.15) is 0 Å². The fourth-order valence-electron chi connectivity index (χ4n) is 3.19. The molecular weight excluding hydrogens is 418 g/mol. The zero-order chi connectivity index (χ0) is 19.3. The third kappa shape index (κ3) is 4.55. The number of carbonyl (C=O) groups excluding carboxylic acids is 1. The Morgan fingerprint density at radius 3 is 2.75 bits per heavy atom. The average Bonchev–Trinajstić information content (AvgIpc) is 2.69. The number of aromatic nitrogens is 2. The number of piperidine rings is 1. The molecule has 1 fully saturated rings.